The van der Waals surface area contributed by atoms with Gasteiger partial charge in [-0.25, -0.2) is 0 Å². The molecule has 0 spiro atoms. The van der Waals surface area contributed by atoms with Gasteiger partial charge in [-0.2, -0.15) is 9.97 Å². The van der Waals surface area contributed by atoms with E-state index in [2.05, 4.69) is 72.2 Å². The summed E-state index contributed by atoms with van der Waals surface area (Å²) in [4.78, 5) is 19.7. The van der Waals surface area contributed by atoms with E-state index in [-0.39, 0.29) is 6.61 Å². The monoisotopic (exact) mass is 841 g/mol. The van der Waals surface area contributed by atoms with Crippen LogP contribution in [0, 0.1) is 11.8 Å². The maximum absolute atomic E-state index is 10.8. The van der Waals surface area contributed by atoms with E-state index in [1.54, 1.807) is 30.3 Å². The van der Waals surface area contributed by atoms with Crippen molar-refractivity contribution >= 4 is 29.5 Å². The van der Waals surface area contributed by atoms with Crippen molar-refractivity contribution in [3.8, 4) is 45.7 Å². The number of ether oxygens (including phenoxy) is 1. The number of aromatic nitrogens is 4. The van der Waals surface area contributed by atoms with Gasteiger partial charge in [0.25, 0.3) is 11.8 Å². The molecule has 0 saturated carbocycles. The van der Waals surface area contributed by atoms with Crippen LogP contribution in [0.15, 0.2) is 94.0 Å². The van der Waals surface area contributed by atoms with E-state index < -0.39 is 14.8 Å². The maximum atomic E-state index is 10.8. The fraction of sp³-hybridized carbons (Fsp3) is 0.310. The Morgan fingerprint density at radius 2 is 1.11 bits per heavy atom. The standard InChI is InChI=1S/C19H19ClN2O2.C19H17ClN2O2.C4H8O.Mn.2O/c2*1-12(2)9-13-3-5-14(6-4-13)19-21-18(22-24-19)15-7-8-16(11-23)17(20)10-15;1-2-4-5-3-1;;;/h3-8,10,12,23H,9,11H2,1-2H3;3-8,10-12H,9H2,1-2H3;1-4H2;;;. The van der Waals surface area contributed by atoms with Crippen LogP contribution in [-0.4, -0.2) is 44.9 Å². The van der Waals surface area contributed by atoms with Crippen LogP contribution in [0.5, 0.6) is 0 Å². The van der Waals surface area contributed by atoms with Crippen LogP contribution in [0.25, 0.3) is 45.7 Å². The zero-order valence-corrected chi connectivity index (χ0v) is 34.3. The molecule has 0 unspecified atom stereocenters. The minimum absolute atomic E-state index is 0.0979. The molecule has 0 amide bonds. The molecule has 7 rings (SSSR count). The average Bonchev–Trinajstić information content (AvgIpc) is 4.01. The molecule has 1 aliphatic rings. The molecule has 6 aromatic rings. The summed E-state index contributed by atoms with van der Waals surface area (Å²) < 4.78 is 32.5. The molecular weight excluding hydrogens is 798 g/mol. The molecule has 0 atom stereocenters. The molecule has 1 fully saturated rings. The zero-order valence-electron chi connectivity index (χ0n) is 31.6. The predicted molar refractivity (Wildman–Crippen MR) is 210 cm³/mol. The summed E-state index contributed by atoms with van der Waals surface area (Å²) in [6.07, 6.45) is 5.36. The van der Waals surface area contributed by atoms with Crippen molar-refractivity contribution in [3.63, 3.8) is 0 Å². The summed E-state index contributed by atoms with van der Waals surface area (Å²) in [6.45, 7) is 10.7. The van der Waals surface area contributed by atoms with Crippen LogP contribution in [0.1, 0.15) is 67.6 Å². The van der Waals surface area contributed by atoms with Crippen molar-refractivity contribution < 1.29 is 46.2 Å². The van der Waals surface area contributed by atoms with Crippen molar-refractivity contribution in [3.05, 3.63) is 117 Å². The van der Waals surface area contributed by atoms with Gasteiger partial charge in [0.2, 0.25) is 11.6 Å². The molecule has 1 saturated heterocycles. The summed E-state index contributed by atoms with van der Waals surface area (Å²) in [7, 11) is 0. The third-order valence-electron chi connectivity index (χ3n) is 8.24. The van der Waals surface area contributed by atoms with Crippen LogP contribution in [0.3, 0.4) is 0 Å². The molecule has 11 nitrogen and oxygen atoms in total. The summed E-state index contributed by atoms with van der Waals surface area (Å²) >= 11 is 10.7. The van der Waals surface area contributed by atoms with Crippen molar-refractivity contribution in [2.24, 2.45) is 11.8 Å². The molecule has 14 heteroatoms. The molecule has 0 bridgehead atoms. The average molecular weight is 843 g/mol. The molecule has 295 valence electrons. The fourth-order valence-corrected chi connectivity index (χ4v) is 5.98. The number of hydrogen-bond donors (Lipinski definition) is 1. The van der Waals surface area contributed by atoms with E-state index >= 15 is 0 Å². The van der Waals surface area contributed by atoms with Crippen molar-refractivity contribution in [2.45, 2.75) is 60.0 Å². The first-order valence-corrected chi connectivity index (χ1v) is 19.7. The van der Waals surface area contributed by atoms with Crippen molar-refractivity contribution in [2.75, 3.05) is 13.2 Å². The molecule has 3 heterocycles. The number of aliphatic hydroxyl groups excluding tert-OH is 1. The van der Waals surface area contributed by atoms with Gasteiger partial charge in [-0.05, 0) is 96.7 Å². The number of hydrogen-bond acceptors (Lipinski definition) is 11. The van der Waals surface area contributed by atoms with Gasteiger partial charge in [-0.15, -0.1) is 0 Å². The van der Waals surface area contributed by atoms with E-state index in [1.807, 2.05) is 30.3 Å². The van der Waals surface area contributed by atoms with E-state index in [9.17, 15) is 9.90 Å². The van der Waals surface area contributed by atoms with Gasteiger partial charge in [0, 0.05) is 46.1 Å². The molecule has 0 aliphatic carbocycles. The first-order valence-electron chi connectivity index (χ1n) is 18.0. The SMILES string of the molecule is C1CCOC1.CC(C)Cc1ccc(-c2nc(-c3ccc(C=O)c(Cl)c3)no2)cc1.CC(C)Cc1ccc(-c2nc(-c3ccc(CO)c(Cl)c3)no2)cc1.[O]=[Mn]=[O]. The van der Waals surface area contributed by atoms with Gasteiger partial charge in [-0.1, -0.05) is 104 Å². The number of carbonyl (C=O) groups is 1. The van der Waals surface area contributed by atoms with Crippen molar-refractivity contribution in [1.82, 2.24) is 20.3 Å². The fourth-order valence-electron chi connectivity index (χ4n) is 5.51. The number of aliphatic hydroxyl groups is 1. The van der Waals surface area contributed by atoms with Crippen LogP contribution in [-0.2, 0) is 46.7 Å². The van der Waals surface area contributed by atoms with E-state index in [0.717, 1.165) is 42.7 Å². The second-order valence-corrected chi connectivity index (χ2v) is 14.6. The third kappa shape index (κ3) is 13.6. The van der Waals surface area contributed by atoms with E-state index in [4.69, 9.17) is 44.7 Å². The third-order valence-corrected chi connectivity index (χ3v) is 8.92. The summed E-state index contributed by atoms with van der Waals surface area (Å²) in [5.74, 6) is 3.08. The van der Waals surface area contributed by atoms with E-state index in [1.165, 1.54) is 24.0 Å². The summed E-state index contributed by atoms with van der Waals surface area (Å²) in [6, 6.07) is 26.6. The molecule has 1 aliphatic heterocycles. The molecular formula is C42H44Cl2MnN4O7. The number of benzene rings is 4. The number of aldehydes is 1. The Kier molecular flexibility index (Phi) is 18.0. The number of nitrogens with zero attached hydrogens (tertiary/aromatic N) is 4. The quantitative estimate of drug-likeness (QED) is 0.103. The Balaban J connectivity index is 0.000000208. The van der Waals surface area contributed by atoms with E-state index in [0.29, 0.717) is 68.3 Å². The van der Waals surface area contributed by atoms with Gasteiger partial charge in [0.1, 0.15) is 0 Å². The molecule has 2 aromatic heterocycles. The van der Waals surface area contributed by atoms with Gasteiger partial charge >= 0.3 is 22.5 Å². The second kappa shape index (κ2) is 22.9. The molecule has 0 radical (unpaired) electrons. The first kappa shape index (κ1) is 44.2. The Morgan fingerprint density at radius 1 is 0.679 bits per heavy atom. The Hall–Kier alpha value is -4.55. The Labute approximate surface area is 342 Å². The second-order valence-electron chi connectivity index (χ2n) is 13.6. The van der Waals surface area contributed by atoms with Crippen LogP contribution in [0.2, 0.25) is 10.0 Å². The summed E-state index contributed by atoms with van der Waals surface area (Å²) in [5.41, 5.74) is 6.90. The van der Waals surface area contributed by atoms with Gasteiger partial charge in [-0.3, -0.25) is 4.79 Å². The molecule has 56 heavy (non-hydrogen) atoms. The van der Waals surface area contributed by atoms with Crippen LogP contribution in [0.4, 0.5) is 0 Å². The van der Waals surface area contributed by atoms with Crippen molar-refractivity contribution in [1.29, 1.82) is 0 Å². The predicted octanol–water partition coefficient (Wildman–Crippen LogP) is 10.4. The van der Waals surface area contributed by atoms with Gasteiger partial charge in [0.05, 0.1) is 11.6 Å². The molecule has 1 N–H and O–H groups in total. The van der Waals surface area contributed by atoms with Gasteiger partial charge in [0.15, 0.2) is 6.29 Å². The first-order chi connectivity index (χ1) is 27.0. The Bertz CT molecular complexity index is 2150. The topological polar surface area (TPSA) is 159 Å². The van der Waals surface area contributed by atoms with Gasteiger partial charge < -0.3 is 18.9 Å². The zero-order chi connectivity index (χ0) is 40.5. The number of rotatable bonds is 10. The normalized spacial score (nSPS) is 11.9. The minimum atomic E-state index is -1.44. The Morgan fingerprint density at radius 3 is 1.46 bits per heavy atom. The number of carbonyl (C=O) groups excluding carboxylic acids is 1. The van der Waals surface area contributed by atoms with Crippen LogP contribution < -0.4 is 0 Å². The molecule has 4 aromatic carbocycles. The van der Waals surface area contributed by atoms with Crippen LogP contribution >= 0.6 is 23.2 Å². The summed E-state index contributed by atoms with van der Waals surface area (Å²) in [5, 5.41) is 18.0. The number of halogens is 2.